The van der Waals surface area contributed by atoms with E-state index in [0.29, 0.717) is 26.9 Å². The second-order valence-corrected chi connectivity index (χ2v) is 8.65. The van der Waals surface area contributed by atoms with E-state index >= 15 is 0 Å². The van der Waals surface area contributed by atoms with Crippen LogP contribution in [0.3, 0.4) is 0 Å². The molecule has 2 atom stereocenters. The van der Waals surface area contributed by atoms with Crippen LogP contribution in [0.2, 0.25) is 5.02 Å². The molecule has 3 heterocycles. The van der Waals surface area contributed by atoms with Crippen LogP contribution in [0.4, 0.5) is 5.82 Å². The summed E-state index contributed by atoms with van der Waals surface area (Å²) in [7, 11) is 3.79. The highest BCUT2D eigenvalue weighted by molar-refractivity contribution is 9.10. The molecule has 0 aliphatic carbocycles. The predicted octanol–water partition coefficient (Wildman–Crippen LogP) is 4.02. The monoisotopic (exact) mass is 476 g/mol. The van der Waals surface area contributed by atoms with Crippen molar-refractivity contribution in [3.05, 3.63) is 68.0 Å². The normalized spacial score (nSPS) is 20.0. The highest BCUT2D eigenvalue weighted by atomic mass is 79.9. The summed E-state index contributed by atoms with van der Waals surface area (Å²) in [5.41, 5.74) is 1.65. The molecule has 1 N–H and O–H groups in total. The van der Waals surface area contributed by atoms with Crippen LogP contribution in [0, 0.1) is 0 Å². The minimum Gasteiger partial charge on any atom is -0.497 e. The Morgan fingerprint density at radius 3 is 2.69 bits per heavy atom. The third-order valence-corrected chi connectivity index (χ3v) is 6.23. The van der Waals surface area contributed by atoms with Crippen molar-refractivity contribution in [1.82, 2.24) is 14.3 Å². The number of fused-ring (bicyclic) bond motifs is 1. The van der Waals surface area contributed by atoms with E-state index in [1.165, 1.54) is 9.96 Å². The number of halogens is 2. The Morgan fingerprint density at radius 2 is 1.97 bits per heavy atom. The molecule has 8 heteroatoms. The number of benzene rings is 1. The van der Waals surface area contributed by atoms with Crippen molar-refractivity contribution in [2.24, 2.45) is 0 Å². The third kappa shape index (κ3) is 4.27. The summed E-state index contributed by atoms with van der Waals surface area (Å²) in [6.45, 7) is 1.86. The standard InChI is InChI=1S/C21H22BrClN4O2/c1-26-10-14(13-3-6-17(29-2)7-4-13)9-16(12-26)24-20-19(22)21(28)27-11-15(23)5-8-18(27)25-20/h3-8,11,14,16,24H,9-10,12H2,1-2H3. The number of likely N-dealkylation sites (tertiary alicyclic amines) is 1. The molecule has 1 aliphatic heterocycles. The van der Waals surface area contributed by atoms with Gasteiger partial charge in [0.15, 0.2) is 0 Å². The van der Waals surface area contributed by atoms with E-state index in [1.807, 2.05) is 12.1 Å². The molecule has 2 aromatic heterocycles. The first-order valence-electron chi connectivity index (χ1n) is 9.41. The van der Waals surface area contributed by atoms with E-state index in [1.54, 1.807) is 25.4 Å². The molecular weight excluding hydrogens is 456 g/mol. The Balaban J connectivity index is 1.59. The highest BCUT2D eigenvalue weighted by Gasteiger charge is 2.27. The molecule has 0 bridgehead atoms. The fourth-order valence-electron chi connectivity index (χ4n) is 3.92. The van der Waals surface area contributed by atoms with Crippen molar-refractivity contribution < 1.29 is 4.74 Å². The third-order valence-electron chi connectivity index (χ3n) is 5.29. The van der Waals surface area contributed by atoms with E-state index < -0.39 is 0 Å². The number of hydrogen-bond acceptors (Lipinski definition) is 5. The highest BCUT2D eigenvalue weighted by Crippen LogP contribution is 2.30. The number of anilines is 1. The van der Waals surface area contributed by atoms with Gasteiger partial charge in [-0.1, -0.05) is 23.7 Å². The van der Waals surface area contributed by atoms with Crippen LogP contribution in [0.25, 0.3) is 5.65 Å². The van der Waals surface area contributed by atoms with E-state index in [9.17, 15) is 4.79 Å². The average Bonchev–Trinajstić information content (AvgIpc) is 2.72. The molecule has 0 saturated carbocycles. The minimum atomic E-state index is -0.184. The van der Waals surface area contributed by atoms with Crippen molar-refractivity contribution in [1.29, 1.82) is 0 Å². The number of piperidine rings is 1. The van der Waals surface area contributed by atoms with Crippen LogP contribution >= 0.6 is 27.5 Å². The molecule has 1 aliphatic rings. The van der Waals surface area contributed by atoms with Gasteiger partial charge in [-0.05, 0) is 65.1 Å². The van der Waals surface area contributed by atoms with Crippen LogP contribution in [0.5, 0.6) is 5.75 Å². The molecule has 1 saturated heterocycles. The lowest BCUT2D eigenvalue weighted by molar-refractivity contribution is 0.235. The van der Waals surface area contributed by atoms with E-state index in [2.05, 4.69) is 50.3 Å². The number of ether oxygens (including phenoxy) is 1. The Kier molecular flexibility index (Phi) is 5.81. The van der Waals surface area contributed by atoms with Crippen molar-refractivity contribution in [2.75, 3.05) is 32.6 Å². The minimum absolute atomic E-state index is 0.166. The summed E-state index contributed by atoms with van der Waals surface area (Å²) in [4.78, 5) is 19.6. The Hall–Kier alpha value is -2.09. The summed E-state index contributed by atoms with van der Waals surface area (Å²) in [6, 6.07) is 11.9. The van der Waals surface area contributed by atoms with Crippen LogP contribution in [0.15, 0.2) is 51.9 Å². The molecular formula is C21H22BrClN4O2. The SMILES string of the molecule is COc1ccc(C2CC(Nc3nc4ccc(Cl)cn4c(=O)c3Br)CN(C)C2)cc1. The van der Waals surface area contributed by atoms with Gasteiger partial charge < -0.3 is 15.0 Å². The van der Waals surface area contributed by atoms with Gasteiger partial charge in [0.1, 0.15) is 21.7 Å². The van der Waals surface area contributed by atoms with Crippen molar-refractivity contribution in [3.63, 3.8) is 0 Å². The summed E-state index contributed by atoms with van der Waals surface area (Å²) in [5, 5.41) is 3.97. The quantitative estimate of drug-likeness (QED) is 0.615. The Bertz CT molecular complexity index is 1090. The molecule has 4 rings (SSSR count). The summed E-state index contributed by atoms with van der Waals surface area (Å²) >= 11 is 9.43. The molecule has 0 amide bonds. The lowest BCUT2D eigenvalue weighted by Gasteiger charge is -2.36. The predicted molar refractivity (Wildman–Crippen MR) is 119 cm³/mol. The fraction of sp³-hybridized carbons (Fsp3) is 0.333. The van der Waals surface area contributed by atoms with Crippen LogP contribution < -0.4 is 15.6 Å². The first-order chi connectivity index (χ1) is 13.9. The molecule has 0 radical (unpaired) electrons. The van der Waals surface area contributed by atoms with Crippen LogP contribution in [0.1, 0.15) is 17.9 Å². The molecule has 6 nitrogen and oxygen atoms in total. The van der Waals surface area contributed by atoms with Gasteiger partial charge in [0.25, 0.3) is 5.56 Å². The molecule has 152 valence electrons. The van der Waals surface area contributed by atoms with Gasteiger partial charge in [-0.3, -0.25) is 9.20 Å². The number of pyridine rings is 1. The number of likely N-dealkylation sites (N-methyl/N-ethyl adjacent to an activating group) is 1. The van der Waals surface area contributed by atoms with Gasteiger partial charge >= 0.3 is 0 Å². The maximum absolute atomic E-state index is 12.7. The molecule has 1 aromatic carbocycles. The summed E-state index contributed by atoms with van der Waals surface area (Å²) < 4.78 is 7.13. The number of nitrogens with one attached hydrogen (secondary N) is 1. The van der Waals surface area contributed by atoms with E-state index in [4.69, 9.17) is 16.3 Å². The maximum atomic E-state index is 12.7. The maximum Gasteiger partial charge on any atom is 0.274 e. The Morgan fingerprint density at radius 1 is 1.21 bits per heavy atom. The van der Waals surface area contributed by atoms with E-state index in [0.717, 1.165) is 25.3 Å². The summed E-state index contributed by atoms with van der Waals surface area (Å²) in [5.74, 6) is 1.81. The lowest BCUT2D eigenvalue weighted by atomic mass is 9.88. The number of hydrogen-bond donors (Lipinski definition) is 1. The van der Waals surface area contributed by atoms with Crippen LogP contribution in [-0.2, 0) is 0 Å². The number of aromatic nitrogens is 2. The fourth-order valence-corrected chi connectivity index (χ4v) is 4.48. The van der Waals surface area contributed by atoms with Crippen LogP contribution in [-0.4, -0.2) is 47.6 Å². The zero-order chi connectivity index (χ0) is 20.5. The zero-order valence-electron chi connectivity index (χ0n) is 16.2. The zero-order valence-corrected chi connectivity index (χ0v) is 18.6. The summed E-state index contributed by atoms with van der Waals surface area (Å²) in [6.07, 6.45) is 2.53. The molecule has 29 heavy (non-hydrogen) atoms. The number of rotatable bonds is 4. The topological polar surface area (TPSA) is 58.9 Å². The molecule has 1 fully saturated rings. The van der Waals surface area contributed by atoms with Gasteiger partial charge in [0.05, 0.1) is 12.1 Å². The van der Waals surface area contributed by atoms with Gasteiger partial charge in [-0.2, -0.15) is 0 Å². The number of nitrogens with zero attached hydrogens (tertiary/aromatic N) is 3. The van der Waals surface area contributed by atoms with Gasteiger partial charge in [0, 0.05) is 25.3 Å². The first kappa shape index (κ1) is 20.2. The smallest absolute Gasteiger partial charge is 0.274 e. The largest absolute Gasteiger partial charge is 0.497 e. The number of methoxy groups -OCH3 is 1. The lowest BCUT2D eigenvalue weighted by Crippen LogP contribution is -2.43. The molecule has 2 unspecified atom stereocenters. The van der Waals surface area contributed by atoms with Gasteiger partial charge in [-0.15, -0.1) is 0 Å². The van der Waals surface area contributed by atoms with E-state index in [-0.39, 0.29) is 11.6 Å². The van der Waals surface area contributed by atoms with Crippen molar-refractivity contribution in [3.8, 4) is 5.75 Å². The Labute approximate surface area is 182 Å². The van der Waals surface area contributed by atoms with Crippen molar-refractivity contribution >= 4 is 39.0 Å². The molecule has 3 aromatic rings. The van der Waals surface area contributed by atoms with Crippen molar-refractivity contribution in [2.45, 2.75) is 18.4 Å². The van der Waals surface area contributed by atoms with Gasteiger partial charge in [-0.25, -0.2) is 4.98 Å². The second kappa shape index (κ2) is 8.34. The van der Waals surface area contributed by atoms with Gasteiger partial charge in [0.2, 0.25) is 0 Å². The average molecular weight is 478 g/mol. The first-order valence-corrected chi connectivity index (χ1v) is 10.6. The molecule has 0 spiro atoms. The second-order valence-electron chi connectivity index (χ2n) is 7.42.